The van der Waals surface area contributed by atoms with Crippen molar-refractivity contribution in [2.24, 2.45) is 4.99 Å². The average Bonchev–Trinajstić information content (AvgIpc) is 2.67. The third-order valence-electron chi connectivity index (χ3n) is 6.10. The number of hydrogen-bond acceptors (Lipinski definition) is 2. The molecule has 3 aliphatic rings. The van der Waals surface area contributed by atoms with E-state index in [0.29, 0.717) is 0 Å². The predicted molar refractivity (Wildman–Crippen MR) is 104 cm³/mol. The van der Waals surface area contributed by atoms with Gasteiger partial charge >= 0.3 is 0 Å². The van der Waals surface area contributed by atoms with Crippen LogP contribution in [0.3, 0.4) is 0 Å². The molecular formula is C23H18N2. The van der Waals surface area contributed by atoms with E-state index in [0.717, 1.165) is 19.6 Å². The number of hydrogen-bond donors (Lipinski definition) is 0. The first-order chi connectivity index (χ1) is 12.4. The zero-order chi connectivity index (χ0) is 16.4. The second-order valence-electron chi connectivity index (χ2n) is 7.35. The summed E-state index contributed by atoms with van der Waals surface area (Å²) in [5.74, 6) is 0. The quantitative estimate of drug-likeness (QED) is 0.591. The van der Waals surface area contributed by atoms with Crippen LogP contribution in [0.4, 0.5) is 5.69 Å². The molecule has 2 heteroatoms. The van der Waals surface area contributed by atoms with Gasteiger partial charge in [0.2, 0.25) is 0 Å². The van der Waals surface area contributed by atoms with Crippen LogP contribution < -0.4 is 4.90 Å². The zero-order valence-electron chi connectivity index (χ0n) is 13.9. The van der Waals surface area contributed by atoms with Crippen molar-refractivity contribution in [1.82, 2.24) is 0 Å². The fourth-order valence-corrected chi connectivity index (χ4v) is 4.96. The Morgan fingerprint density at radius 2 is 1.76 bits per heavy atom. The fraction of sp³-hybridized carbons (Fsp3) is 0.174. The van der Waals surface area contributed by atoms with Crippen LogP contribution in [-0.2, 0) is 11.8 Å². The lowest BCUT2D eigenvalue weighted by molar-refractivity contribution is 0.505. The van der Waals surface area contributed by atoms with E-state index in [-0.39, 0.29) is 5.41 Å². The smallest absolute Gasteiger partial charge is 0.110 e. The Morgan fingerprint density at radius 1 is 0.880 bits per heavy atom. The highest BCUT2D eigenvalue weighted by atomic mass is 15.2. The Morgan fingerprint density at radius 3 is 2.76 bits per heavy atom. The number of allylic oxidation sites excluding steroid dienone is 1. The van der Waals surface area contributed by atoms with E-state index in [4.69, 9.17) is 4.99 Å². The van der Waals surface area contributed by atoms with Gasteiger partial charge in [-0.05, 0) is 46.0 Å². The Labute approximate surface area is 147 Å². The molecule has 2 aliphatic heterocycles. The van der Waals surface area contributed by atoms with E-state index in [9.17, 15) is 0 Å². The standard InChI is InChI=1S/C23H18N2/c1-3-7-18-16(5-1)9-11-21-19(18)13-23-14-25(21)15-24-22(23)12-10-17-6-2-4-8-20(17)23/h1-12H,13-15H2. The second kappa shape index (κ2) is 4.60. The summed E-state index contributed by atoms with van der Waals surface area (Å²) in [7, 11) is 0. The van der Waals surface area contributed by atoms with Crippen LogP contribution in [-0.4, -0.2) is 18.9 Å². The van der Waals surface area contributed by atoms with Crippen molar-refractivity contribution in [3.8, 4) is 0 Å². The minimum atomic E-state index is -0.0132. The predicted octanol–water partition coefficient (Wildman–Crippen LogP) is 4.58. The minimum absolute atomic E-state index is 0.0132. The van der Waals surface area contributed by atoms with E-state index < -0.39 is 0 Å². The van der Waals surface area contributed by atoms with Crippen LogP contribution in [0.25, 0.3) is 16.8 Å². The number of rotatable bonds is 0. The van der Waals surface area contributed by atoms with Crippen LogP contribution in [0.15, 0.2) is 71.7 Å². The Kier molecular flexibility index (Phi) is 2.47. The summed E-state index contributed by atoms with van der Waals surface area (Å²) in [6, 6.07) is 22.1. The number of benzene rings is 3. The molecule has 0 fully saturated rings. The molecule has 120 valence electrons. The summed E-state index contributed by atoms with van der Waals surface area (Å²) in [5.41, 5.74) is 6.84. The monoisotopic (exact) mass is 322 g/mol. The highest BCUT2D eigenvalue weighted by Crippen LogP contribution is 2.47. The largest absolute Gasteiger partial charge is 0.351 e. The molecule has 2 nitrogen and oxygen atoms in total. The summed E-state index contributed by atoms with van der Waals surface area (Å²) >= 11 is 0. The molecule has 1 atom stereocenters. The first-order valence-electron chi connectivity index (χ1n) is 8.93. The molecule has 1 aliphatic carbocycles. The molecule has 0 saturated carbocycles. The van der Waals surface area contributed by atoms with Gasteiger partial charge in [-0.15, -0.1) is 0 Å². The van der Waals surface area contributed by atoms with E-state index in [1.165, 1.54) is 38.9 Å². The Hall–Kier alpha value is -2.87. The molecule has 0 amide bonds. The SMILES string of the molecule is C1=Cc2ccccc2C23Cc4c(ccc5ccccc45)N(CN=C12)C3. The van der Waals surface area contributed by atoms with Crippen molar-refractivity contribution in [3.63, 3.8) is 0 Å². The normalized spacial score (nSPS) is 22.9. The molecule has 2 bridgehead atoms. The van der Waals surface area contributed by atoms with Crippen molar-refractivity contribution in [3.05, 3.63) is 83.4 Å². The first kappa shape index (κ1) is 13.4. The lowest BCUT2D eigenvalue weighted by atomic mass is 9.64. The third-order valence-corrected chi connectivity index (χ3v) is 6.10. The Balaban J connectivity index is 1.66. The lowest BCUT2D eigenvalue weighted by Gasteiger charge is -2.49. The van der Waals surface area contributed by atoms with E-state index in [2.05, 4.69) is 77.7 Å². The minimum Gasteiger partial charge on any atom is -0.351 e. The van der Waals surface area contributed by atoms with Gasteiger partial charge in [0.1, 0.15) is 6.67 Å². The number of nitrogens with zero attached hydrogens (tertiary/aromatic N) is 2. The second-order valence-corrected chi connectivity index (χ2v) is 7.35. The molecule has 0 radical (unpaired) electrons. The van der Waals surface area contributed by atoms with Gasteiger partial charge in [0.15, 0.2) is 0 Å². The summed E-state index contributed by atoms with van der Waals surface area (Å²) in [4.78, 5) is 7.42. The van der Waals surface area contributed by atoms with E-state index >= 15 is 0 Å². The van der Waals surface area contributed by atoms with Crippen LogP contribution in [0, 0.1) is 0 Å². The van der Waals surface area contributed by atoms with Gasteiger partial charge in [0.05, 0.1) is 5.41 Å². The van der Waals surface area contributed by atoms with Crippen molar-refractivity contribution in [2.45, 2.75) is 11.8 Å². The van der Waals surface area contributed by atoms with Crippen molar-refractivity contribution >= 4 is 28.2 Å². The van der Waals surface area contributed by atoms with Gasteiger partial charge in [-0.2, -0.15) is 0 Å². The van der Waals surface area contributed by atoms with Crippen LogP contribution in [0.2, 0.25) is 0 Å². The maximum Gasteiger partial charge on any atom is 0.110 e. The summed E-state index contributed by atoms with van der Waals surface area (Å²) in [5, 5.41) is 2.72. The highest BCUT2D eigenvalue weighted by Gasteiger charge is 2.47. The first-order valence-corrected chi connectivity index (χ1v) is 8.93. The van der Waals surface area contributed by atoms with E-state index in [1.54, 1.807) is 0 Å². The van der Waals surface area contributed by atoms with E-state index in [1.807, 2.05) is 0 Å². The molecule has 1 spiro atoms. The summed E-state index contributed by atoms with van der Waals surface area (Å²) in [6.45, 7) is 1.79. The third kappa shape index (κ3) is 1.67. The maximum atomic E-state index is 4.96. The van der Waals surface area contributed by atoms with Crippen molar-refractivity contribution in [1.29, 1.82) is 0 Å². The van der Waals surface area contributed by atoms with Gasteiger partial charge in [-0.25, -0.2) is 0 Å². The van der Waals surface area contributed by atoms with Gasteiger partial charge in [0, 0.05) is 17.9 Å². The van der Waals surface area contributed by atoms with Gasteiger partial charge < -0.3 is 4.90 Å². The average molecular weight is 322 g/mol. The lowest BCUT2D eigenvalue weighted by Crippen LogP contribution is -2.55. The van der Waals surface area contributed by atoms with Gasteiger partial charge in [-0.3, -0.25) is 4.99 Å². The molecule has 0 N–H and O–H groups in total. The van der Waals surface area contributed by atoms with Crippen LogP contribution in [0.5, 0.6) is 0 Å². The zero-order valence-corrected chi connectivity index (χ0v) is 13.9. The number of fused-ring (bicyclic) bond motifs is 6. The molecule has 0 aromatic heterocycles. The molecule has 1 unspecified atom stereocenters. The molecule has 6 rings (SSSR count). The molecule has 3 aromatic carbocycles. The highest BCUT2D eigenvalue weighted by molar-refractivity contribution is 6.11. The van der Waals surface area contributed by atoms with Crippen molar-refractivity contribution < 1.29 is 0 Å². The maximum absolute atomic E-state index is 4.96. The van der Waals surface area contributed by atoms with Gasteiger partial charge in [-0.1, -0.05) is 60.7 Å². The van der Waals surface area contributed by atoms with Crippen molar-refractivity contribution in [2.75, 3.05) is 18.1 Å². The fourth-order valence-electron chi connectivity index (χ4n) is 4.96. The van der Waals surface area contributed by atoms with Crippen LogP contribution >= 0.6 is 0 Å². The number of anilines is 1. The molecule has 25 heavy (non-hydrogen) atoms. The molecule has 3 aromatic rings. The van der Waals surface area contributed by atoms with Gasteiger partial charge in [0.25, 0.3) is 0 Å². The van der Waals surface area contributed by atoms with Crippen LogP contribution in [0.1, 0.15) is 16.7 Å². The molecule has 0 saturated heterocycles. The topological polar surface area (TPSA) is 15.6 Å². The summed E-state index contributed by atoms with van der Waals surface area (Å²) < 4.78 is 0. The summed E-state index contributed by atoms with van der Waals surface area (Å²) in [6.07, 6.45) is 5.50. The molecule has 2 heterocycles. The number of aliphatic imine (C=N–C) groups is 1. The molecular weight excluding hydrogens is 304 g/mol. The Bertz CT molecular complexity index is 1090.